The number of ketones is 1. The minimum atomic E-state index is -0.0970. The first-order valence-corrected chi connectivity index (χ1v) is 7.49. The van der Waals surface area contributed by atoms with E-state index in [4.69, 9.17) is 0 Å². The molecule has 0 aromatic rings. The summed E-state index contributed by atoms with van der Waals surface area (Å²) in [7, 11) is 0. The zero-order chi connectivity index (χ0) is 13.4. The van der Waals surface area contributed by atoms with E-state index in [1.54, 1.807) is 0 Å². The lowest BCUT2D eigenvalue weighted by Gasteiger charge is -2.41. The van der Waals surface area contributed by atoms with Crippen molar-refractivity contribution >= 4 is 17.8 Å². The van der Waals surface area contributed by atoms with Gasteiger partial charge in [-0.25, -0.2) is 0 Å². The van der Waals surface area contributed by atoms with Gasteiger partial charge in [-0.1, -0.05) is 0 Å². The molecule has 1 aliphatic heterocycles. The molecule has 0 saturated heterocycles. The molecule has 4 unspecified atom stereocenters. The van der Waals surface area contributed by atoms with Gasteiger partial charge in [0.15, 0.2) is 0 Å². The highest BCUT2D eigenvalue weighted by molar-refractivity contribution is 5.87. The summed E-state index contributed by atoms with van der Waals surface area (Å²) in [5.41, 5.74) is 1.04. The number of aldehydes is 1. The first-order valence-electron chi connectivity index (χ1n) is 7.49. The Labute approximate surface area is 114 Å². The molecule has 2 saturated carbocycles. The van der Waals surface area contributed by atoms with Gasteiger partial charge in [0.25, 0.3) is 0 Å². The molecule has 2 aliphatic carbocycles. The van der Waals surface area contributed by atoms with Gasteiger partial charge in [0.05, 0.1) is 0 Å². The zero-order valence-corrected chi connectivity index (χ0v) is 11.5. The molecule has 0 N–H and O–H groups in total. The molecular weight excluding hydrogens is 240 g/mol. The molecule has 0 aromatic heterocycles. The fourth-order valence-corrected chi connectivity index (χ4v) is 4.09. The third-order valence-corrected chi connectivity index (χ3v) is 5.04. The minimum Gasteiger partial charge on any atom is -0.301 e. The molecule has 0 aromatic carbocycles. The minimum absolute atomic E-state index is 0.0970. The van der Waals surface area contributed by atoms with E-state index in [-0.39, 0.29) is 18.0 Å². The van der Waals surface area contributed by atoms with Crippen LogP contribution < -0.4 is 0 Å². The fraction of sp³-hybridized carbons (Fsp3) is 0.800. The summed E-state index contributed by atoms with van der Waals surface area (Å²) in [6.45, 7) is 1.98. The van der Waals surface area contributed by atoms with Crippen molar-refractivity contribution in [3.8, 4) is 0 Å². The summed E-state index contributed by atoms with van der Waals surface area (Å²) in [4.78, 5) is 23.3. The van der Waals surface area contributed by atoms with Gasteiger partial charge in [-0.15, -0.1) is 0 Å². The monoisotopic (exact) mass is 262 g/mol. The number of carbonyl (C=O) groups excluding carboxylic acids is 2. The first-order chi connectivity index (χ1) is 9.19. The maximum absolute atomic E-state index is 12.1. The van der Waals surface area contributed by atoms with Gasteiger partial charge in [0.1, 0.15) is 18.1 Å². The number of rotatable bonds is 2. The van der Waals surface area contributed by atoms with E-state index >= 15 is 0 Å². The summed E-state index contributed by atoms with van der Waals surface area (Å²) in [5, 5.41) is 6.52. The van der Waals surface area contributed by atoms with Crippen LogP contribution in [0.4, 0.5) is 0 Å². The van der Waals surface area contributed by atoms with Crippen LogP contribution in [-0.4, -0.2) is 34.9 Å². The van der Waals surface area contributed by atoms with E-state index in [0.29, 0.717) is 11.7 Å². The lowest BCUT2D eigenvalue weighted by Crippen LogP contribution is -2.45. The Hall–Kier alpha value is -1.19. The molecule has 4 heteroatoms. The average molecular weight is 262 g/mol. The Morgan fingerprint density at radius 3 is 2.95 bits per heavy atom. The van der Waals surface area contributed by atoms with Crippen LogP contribution in [0.2, 0.25) is 0 Å². The van der Waals surface area contributed by atoms with Gasteiger partial charge in [0, 0.05) is 30.5 Å². The second-order valence-electron chi connectivity index (χ2n) is 6.31. The lowest BCUT2D eigenvalue weighted by molar-refractivity contribution is -0.129. The number of nitrogens with zero attached hydrogens (tertiary/aromatic N) is 2. The lowest BCUT2D eigenvalue weighted by atomic mass is 9.68. The van der Waals surface area contributed by atoms with Crippen molar-refractivity contribution in [2.24, 2.45) is 16.9 Å². The summed E-state index contributed by atoms with van der Waals surface area (Å²) in [5.74, 6) is 1.28. The molecule has 0 radical (unpaired) electrons. The standard InChI is InChI=1S/C15H22N2O2/c1-10-7-13(9-18)17(16-10)12-6-5-11-3-2-4-15(19)14(11)8-12/h9,11-14H,2-8H2,1H3. The van der Waals surface area contributed by atoms with Gasteiger partial charge >= 0.3 is 0 Å². The molecule has 19 heavy (non-hydrogen) atoms. The van der Waals surface area contributed by atoms with Crippen molar-refractivity contribution in [2.75, 3.05) is 0 Å². The molecule has 1 heterocycles. The summed E-state index contributed by atoms with van der Waals surface area (Å²) in [6, 6.07) is 0.191. The van der Waals surface area contributed by atoms with Crippen LogP contribution in [0.25, 0.3) is 0 Å². The number of Topliss-reactive ketones (excluding diaryl/α,β-unsaturated/α-hetero) is 1. The van der Waals surface area contributed by atoms with Crippen LogP contribution in [-0.2, 0) is 9.59 Å². The van der Waals surface area contributed by atoms with Crippen molar-refractivity contribution in [1.82, 2.24) is 5.01 Å². The van der Waals surface area contributed by atoms with Crippen LogP contribution in [0.5, 0.6) is 0 Å². The fourth-order valence-electron chi connectivity index (χ4n) is 4.09. The molecule has 2 fully saturated rings. The van der Waals surface area contributed by atoms with E-state index in [2.05, 4.69) is 5.10 Å². The number of fused-ring (bicyclic) bond motifs is 1. The average Bonchev–Trinajstić information content (AvgIpc) is 2.80. The molecule has 4 atom stereocenters. The zero-order valence-electron chi connectivity index (χ0n) is 11.5. The third kappa shape index (κ3) is 2.33. The van der Waals surface area contributed by atoms with Gasteiger partial charge in [-0.2, -0.15) is 5.10 Å². The number of hydrogen-bond donors (Lipinski definition) is 0. The molecule has 0 amide bonds. The van der Waals surface area contributed by atoms with E-state index in [1.807, 2.05) is 11.9 Å². The van der Waals surface area contributed by atoms with Crippen molar-refractivity contribution in [3.63, 3.8) is 0 Å². The molecule has 0 spiro atoms. The van der Waals surface area contributed by atoms with Crippen LogP contribution in [0.3, 0.4) is 0 Å². The Balaban J connectivity index is 1.73. The second kappa shape index (κ2) is 5.06. The molecule has 3 rings (SSSR count). The highest BCUT2D eigenvalue weighted by Crippen LogP contribution is 2.41. The van der Waals surface area contributed by atoms with Crippen LogP contribution in [0, 0.1) is 11.8 Å². The van der Waals surface area contributed by atoms with Gasteiger partial charge in [0.2, 0.25) is 0 Å². The van der Waals surface area contributed by atoms with E-state index in [1.165, 1.54) is 6.42 Å². The number of hydrogen-bond acceptors (Lipinski definition) is 4. The maximum Gasteiger partial charge on any atom is 0.144 e. The SMILES string of the molecule is CC1=NN(C2CCC3CCCC(=O)C3C2)C(C=O)C1. The number of carbonyl (C=O) groups is 2. The van der Waals surface area contributed by atoms with Crippen LogP contribution in [0.15, 0.2) is 5.10 Å². The molecule has 0 bridgehead atoms. The van der Waals surface area contributed by atoms with Gasteiger partial charge < -0.3 is 4.79 Å². The topological polar surface area (TPSA) is 49.7 Å². The van der Waals surface area contributed by atoms with Crippen molar-refractivity contribution in [2.45, 2.75) is 64.0 Å². The number of hydrazone groups is 1. The van der Waals surface area contributed by atoms with E-state index < -0.39 is 0 Å². The summed E-state index contributed by atoms with van der Waals surface area (Å²) < 4.78 is 0. The van der Waals surface area contributed by atoms with Crippen LogP contribution in [0.1, 0.15) is 51.9 Å². The quantitative estimate of drug-likeness (QED) is 0.717. The Morgan fingerprint density at radius 1 is 1.32 bits per heavy atom. The van der Waals surface area contributed by atoms with Crippen molar-refractivity contribution in [3.05, 3.63) is 0 Å². The second-order valence-corrected chi connectivity index (χ2v) is 6.31. The highest BCUT2D eigenvalue weighted by Gasteiger charge is 2.41. The maximum atomic E-state index is 12.1. The Morgan fingerprint density at radius 2 is 2.16 bits per heavy atom. The molecule has 104 valence electrons. The summed E-state index contributed by atoms with van der Waals surface area (Å²) in [6.07, 6.45) is 7.91. The highest BCUT2D eigenvalue weighted by atomic mass is 16.1. The smallest absolute Gasteiger partial charge is 0.144 e. The van der Waals surface area contributed by atoms with Crippen molar-refractivity contribution < 1.29 is 9.59 Å². The predicted octanol–water partition coefficient (Wildman–Crippen LogP) is 2.17. The van der Waals surface area contributed by atoms with E-state index in [9.17, 15) is 9.59 Å². The molecule has 3 aliphatic rings. The molecule has 4 nitrogen and oxygen atoms in total. The first kappa shape index (κ1) is 12.8. The van der Waals surface area contributed by atoms with Crippen molar-refractivity contribution in [1.29, 1.82) is 0 Å². The third-order valence-electron chi connectivity index (χ3n) is 5.04. The van der Waals surface area contributed by atoms with Gasteiger partial charge in [-0.05, 0) is 44.9 Å². The Bertz CT molecular complexity index is 418. The predicted molar refractivity (Wildman–Crippen MR) is 72.9 cm³/mol. The normalized spacial score (nSPS) is 38.9. The molecular formula is C15H22N2O2. The Kier molecular flexibility index (Phi) is 3.42. The van der Waals surface area contributed by atoms with Crippen LogP contribution >= 0.6 is 0 Å². The largest absolute Gasteiger partial charge is 0.301 e. The van der Waals surface area contributed by atoms with Gasteiger partial charge in [-0.3, -0.25) is 9.80 Å². The van der Waals surface area contributed by atoms with E-state index in [0.717, 1.165) is 50.5 Å². The summed E-state index contributed by atoms with van der Waals surface area (Å²) >= 11 is 0.